The first-order chi connectivity index (χ1) is 10.7. The molecule has 3 nitrogen and oxygen atoms in total. The van der Waals surface area contributed by atoms with E-state index in [0.717, 1.165) is 25.4 Å². The first-order valence-corrected chi connectivity index (χ1v) is 9.27. The Labute approximate surface area is 135 Å². The standard InChI is InChI=1S/C19H33NO2/c1-3-5-6-7-15-8-13-18(22-14-15)16-9-11-17(12-10-16)20-19(21)4-2/h4,15-18H,2-3,5-14H2,1H3,(H,20,21). The van der Waals surface area contributed by atoms with Crippen molar-refractivity contribution in [2.24, 2.45) is 11.8 Å². The van der Waals surface area contributed by atoms with Crippen LogP contribution in [0.1, 0.15) is 71.1 Å². The van der Waals surface area contributed by atoms with E-state index in [1.807, 2.05) is 0 Å². The zero-order valence-electron chi connectivity index (χ0n) is 14.2. The highest BCUT2D eigenvalue weighted by atomic mass is 16.5. The van der Waals surface area contributed by atoms with Gasteiger partial charge in [0.1, 0.15) is 0 Å². The van der Waals surface area contributed by atoms with E-state index in [1.54, 1.807) is 0 Å². The third kappa shape index (κ3) is 5.42. The van der Waals surface area contributed by atoms with Gasteiger partial charge in [-0.25, -0.2) is 0 Å². The Morgan fingerprint density at radius 1 is 1.18 bits per heavy atom. The maximum atomic E-state index is 11.4. The molecule has 1 heterocycles. The molecule has 3 heteroatoms. The molecule has 2 aliphatic rings. The summed E-state index contributed by atoms with van der Waals surface area (Å²) in [6.07, 6.45) is 14.4. The lowest BCUT2D eigenvalue weighted by Gasteiger charge is -2.38. The molecule has 2 atom stereocenters. The van der Waals surface area contributed by atoms with Gasteiger partial charge in [-0.2, -0.15) is 0 Å². The molecule has 2 fully saturated rings. The van der Waals surface area contributed by atoms with Gasteiger partial charge in [0.25, 0.3) is 0 Å². The largest absolute Gasteiger partial charge is 0.378 e. The van der Waals surface area contributed by atoms with Gasteiger partial charge in [-0.3, -0.25) is 4.79 Å². The van der Waals surface area contributed by atoms with Crippen molar-refractivity contribution in [2.75, 3.05) is 6.61 Å². The van der Waals surface area contributed by atoms with Crippen molar-refractivity contribution in [1.29, 1.82) is 0 Å². The molecule has 0 spiro atoms. The van der Waals surface area contributed by atoms with Crippen molar-refractivity contribution < 1.29 is 9.53 Å². The number of amides is 1. The highest BCUT2D eigenvalue weighted by molar-refractivity contribution is 5.87. The zero-order chi connectivity index (χ0) is 15.8. The molecule has 1 amide bonds. The van der Waals surface area contributed by atoms with E-state index in [9.17, 15) is 4.79 Å². The number of unbranched alkanes of at least 4 members (excludes halogenated alkanes) is 2. The molecule has 0 aromatic carbocycles. The summed E-state index contributed by atoms with van der Waals surface area (Å²) in [4.78, 5) is 11.4. The van der Waals surface area contributed by atoms with Crippen LogP contribution >= 0.6 is 0 Å². The number of ether oxygens (including phenoxy) is 1. The molecule has 22 heavy (non-hydrogen) atoms. The van der Waals surface area contributed by atoms with Gasteiger partial charge in [-0.15, -0.1) is 0 Å². The normalized spacial score (nSPS) is 32.4. The second-order valence-electron chi connectivity index (χ2n) is 7.14. The molecule has 0 aromatic heterocycles. The minimum Gasteiger partial charge on any atom is -0.378 e. The quantitative estimate of drug-likeness (QED) is 0.565. The topological polar surface area (TPSA) is 38.3 Å². The van der Waals surface area contributed by atoms with Gasteiger partial charge in [-0.05, 0) is 62.9 Å². The van der Waals surface area contributed by atoms with Crippen molar-refractivity contribution in [3.63, 3.8) is 0 Å². The highest BCUT2D eigenvalue weighted by Crippen LogP contribution is 2.34. The van der Waals surface area contributed by atoms with Crippen LogP contribution in [0.3, 0.4) is 0 Å². The average molecular weight is 307 g/mol. The Kier molecular flexibility index (Phi) is 7.44. The first kappa shape index (κ1) is 17.5. The third-order valence-corrected chi connectivity index (χ3v) is 5.45. The molecular formula is C19H33NO2. The van der Waals surface area contributed by atoms with Crippen LogP contribution in [-0.2, 0) is 9.53 Å². The predicted octanol–water partition coefficient (Wildman–Crippen LogP) is 4.22. The van der Waals surface area contributed by atoms with Gasteiger partial charge in [0.05, 0.1) is 6.10 Å². The maximum Gasteiger partial charge on any atom is 0.243 e. The van der Waals surface area contributed by atoms with Gasteiger partial charge >= 0.3 is 0 Å². The summed E-state index contributed by atoms with van der Waals surface area (Å²) in [5.74, 6) is 1.46. The van der Waals surface area contributed by atoms with E-state index in [4.69, 9.17) is 4.74 Å². The summed E-state index contributed by atoms with van der Waals surface area (Å²) in [6.45, 7) is 6.75. The van der Waals surface area contributed by atoms with E-state index >= 15 is 0 Å². The van der Waals surface area contributed by atoms with E-state index in [2.05, 4.69) is 18.8 Å². The molecule has 0 aromatic rings. The molecule has 126 valence electrons. The van der Waals surface area contributed by atoms with Crippen LogP contribution in [-0.4, -0.2) is 24.7 Å². The van der Waals surface area contributed by atoms with Crippen molar-refractivity contribution in [2.45, 2.75) is 83.3 Å². The molecule has 2 rings (SSSR count). The predicted molar refractivity (Wildman–Crippen MR) is 90.7 cm³/mol. The van der Waals surface area contributed by atoms with Crippen molar-refractivity contribution in [1.82, 2.24) is 5.32 Å². The van der Waals surface area contributed by atoms with Gasteiger partial charge in [-0.1, -0.05) is 32.8 Å². The Bertz CT molecular complexity index is 339. The number of hydrogen-bond donors (Lipinski definition) is 1. The van der Waals surface area contributed by atoms with E-state index in [0.29, 0.717) is 18.1 Å². The lowest BCUT2D eigenvalue weighted by Crippen LogP contribution is -2.40. The summed E-state index contributed by atoms with van der Waals surface area (Å²) < 4.78 is 6.19. The van der Waals surface area contributed by atoms with E-state index in [1.165, 1.54) is 57.4 Å². The monoisotopic (exact) mass is 307 g/mol. The Balaban J connectivity index is 1.64. The molecule has 1 aliphatic heterocycles. The number of rotatable bonds is 7. The van der Waals surface area contributed by atoms with Gasteiger partial charge < -0.3 is 10.1 Å². The summed E-state index contributed by atoms with van der Waals surface area (Å²) in [7, 11) is 0. The molecule has 0 bridgehead atoms. The fourth-order valence-electron chi connectivity index (χ4n) is 4.00. The molecule has 0 radical (unpaired) electrons. The molecule has 2 unspecified atom stereocenters. The number of carbonyl (C=O) groups excluding carboxylic acids is 1. The van der Waals surface area contributed by atoms with E-state index < -0.39 is 0 Å². The third-order valence-electron chi connectivity index (χ3n) is 5.45. The molecule has 1 saturated carbocycles. The first-order valence-electron chi connectivity index (χ1n) is 9.27. The van der Waals surface area contributed by atoms with E-state index in [-0.39, 0.29) is 5.91 Å². The molecular weight excluding hydrogens is 274 g/mol. The van der Waals surface area contributed by atoms with Crippen LogP contribution in [0.15, 0.2) is 12.7 Å². The fraction of sp³-hybridized carbons (Fsp3) is 0.842. The number of carbonyl (C=O) groups is 1. The Hall–Kier alpha value is -0.830. The number of hydrogen-bond acceptors (Lipinski definition) is 2. The zero-order valence-corrected chi connectivity index (χ0v) is 14.2. The van der Waals surface area contributed by atoms with Crippen molar-refractivity contribution >= 4 is 5.91 Å². The van der Waals surface area contributed by atoms with Crippen LogP contribution in [0.5, 0.6) is 0 Å². The summed E-state index contributed by atoms with van der Waals surface area (Å²) in [5, 5.41) is 3.03. The number of nitrogens with one attached hydrogen (secondary N) is 1. The van der Waals surface area contributed by atoms with Crippen LogP contribution in [0.2, 0.25) is 0 Å². The average Bonchev–Trinajstić information content (AvgIpc) is 2.56. The summed E-state index contributed by atoms with van der Waals surface area (Å²) >= 11 is 0. The SMILES string of the molecule is C=CC(=O)NC1CCC(C2CCC(CCCCC)CO2)CC1. The van der Waals surface area contributed by atoms with Gasteiger partial charge in [0.15, 0.2) is 0 Å². The molecule has 1 aliphatic carbocycles. The highest BCUT2D eigenvalue weighted by Gasteiger charge is 2.31. The second kappa shape index (κ2) is 9.34. The van der Waals surface area contributed by atoms with Crippen LogP contribution in [0.25, 0.3) is 0 Å². The van der Waals surface area contributed by atoms with Crippen LogP contribution in [0, 0.1) is 11.8 Å². The minimum absolute atomic E-state index is 0.0349. The Morgan fingerprint density at radius 3 is 2.55 bits per heavy atom. The van der Waals surface area contributed by atoms with Gasteiger partial charge in [0.2, 0.25) is 5.91 Å². The lowest BCUT2D eigenvalue weighted by atomic mass is 9.79. The summed E-state index contributed by atoms with van der Waals surface area (Å²) in [5.41, 5.74) is 0. The van der Waals surface area contributed by atoms with Crippen LogP contribution in [0.4, 0.5) is 0 Å². The summed E-state index contributed by atoms with van der Waals surface area (Å²) in [6, 6.07) is 0.340. The maximum absolute atomic E-state index is 11.4. The smallest absolute Gasteiger partial charge is 0.243 e. The fourth-order valence-corrected chi connectivity index (χ4v) is 4.00. The van der Waals surface area contributed by atoms with Crippen molar-refractivity contribution in [3.8, 4) is 0 Å². The lowest BCUT2D eigenvalue weighted by molar-refractivity contribution is -0.117. The van der Waals surface area contributed by atoms with Crippen molar-refractivity contribution in [3.05, 3.63) is 12.7 Å². The molecule has 1 saturated heterocycles. The molecule has 1 N–H and O–H groups in total. The second-order valence-corrected chi connectivity index (χ2v) is 7.14. The van der Waals surface area contributed by atoms with Gasteiger partial charge in [0, 0.05) is 12.6 Å². The minimum atomic E-state index is -0.0349. The van der Waals surface area contributed by atoms with Crippen LogP contribution < -0.4 is 5.32 Å². The Morgan fingerprint density at radius 2 is 1.95 bits per heavy atom.